The number of carbonyl (C=O) groups excluding carboxylic acids is 1. The van der Waals surface area contributed by atoms with Gasteiger partial charge in [-0.25, -0.2) is 4.39 Å². The summed E-state index contributed by atoms with van der Waals surface area (Å²) < 4.78 is 18.4. The summed E-state index contributed by atoms with van der Waals surface area (Å²) in [7, 11) is 1.45. The molecule has 0 saturated heterocycles. The highest BCUT2D eigenvalue weighted by Gasteiger charge is 2.11. The van der Waals surface area contributed by atoms with Crippen molar-refractivity contribution in [2.45, 2.75) is 12.8 Å². The smallest absolute Gasteiger partial charge is 0.254 e. The average molecular weight is 240 g/mol. The lowest BCUT2D eigenvalue weighted by molar-refractivity contribution is 0.0949. The minimum atomic E-state index is -0.583. The maximum atomic E-state index is 13.5. The van der Waals surface area contributed by atoms with E-state index in [1.165, 1.54) is 19.2 Å². The van der Waals surface area contributed by atoms with Gasteiger partial charge in [-0.2, -0.15) is 0 Å². The third-order valence-electron chi connectivity index (χ3n) is 2.34. The molecule has 0 radical (unpaired) electrons. The third kappa shape index (κ3) is 4.03. The van der Waals surface area contributed by atoms with Gasteiger partial charge in [-0.3, -0.25) is 4.79 Å². The second-order valence-corrected chi connectivity index (χ2v) is 3.60. The first kappa shape index (κ1) is 13.4. The summed E-state index contributed by atoms with van der Waals surface area (Å²) in [6.45, 7) is 1.09. The van der Waals surface area contributed by atoms with Gasteiger partial charge in [-0.05, 0) is 31.5 Å². The van der Waals surface area contributed by atoms with E-state index in [4.69, 9.17) is 10.5 Å². The number of methoxy groups -OCH3 is 1. The summed E-state index contributed by atoms with van der Waals surface area (Å²) in [6.07, 6.45) is 1.63. The molecule has 0 aliphatic heterocycles. The Labute approximate surface area is 100.0 Å². The number of halogens is 1. The Morgan fingerprint density at radius 1 is 1.47 bits per heavy atom. The molecule has 0 bridgehead atoms. The van der Waals surface area contributed by atoms with Gasteiger partial charge in [0, 0.05) is 12.6 Å². The van der Waals surface area contributed by atoms with Crippen LogP contribution in [0, 0.1) is 5.82 Å². The standard InChI is InChI=1S/C12H17FN2O2/c1-17-9-4-5-10(11(13)8-9)12(16)15-7-3-2-6-14/h4-5,8H,2-3,6-7,14H2,1H3,(H,15,16). The molecule has 5 heteroatoms. The topological polar surface area (TPSA) is 64.3 Å². The summed E-state index contributed by atoms with van der Waals surface area (Å²) in [4.78, 5) is 11.6. The van der Waals surface area contributed by atoms with E-state index in [2.05, 4.69) is 5.32 Å². The van der Waals surface area contributed by atoms with Gasteiger partial charge in [0.15, 0.2) is 0 Å². The number of nitrogens with two attached hydrogens (primary N) is 1. The van der Waals surface area contributed by atoms with Gasteiger partial charge in [0.1, 0.15) is 11.6 Å². The zero-order chi connectivity index (χ0) is 12.7. The predicted octanol–water partition coefficient (Wildman–Crippen LogP) is 1.30. The molecule has 0 aromatic heterocycles. The quantitative estimate of drug-likeness (QED) is 0.737. The molecule has 0 unspecified atom stereocenters. The molecule has 94 valence electrons. The minimum absolute atomic E-state index is 0.0264. The fourth-order valence-corrected chi connectivity index (χ4v) is 1.37. The van der Waals surface area contributed by atoms with Crippen LogP contribution in [-0.4, -0.2) is 26.1 Å². The highest BCUT2D eigenvalue weighted by Crippen LogP contribution is 2.15. The second kappa shape index (κ2) is 6.85. The molecule has 0 atom stereocenters. The normalized spacial score (nSPS) is 10.1. The van der Waals surface area contributed by atoms with Crippen LogP contribution in [0.5, 0.6) is 5.75 Å². The van der Waals surface area contributed by atoms with Crippen molar-refractivity contribution in [3.8, 4) is 5.75 Å². The molecule has 0 aliphatic rings. The molecule has 1 rings (SSSR count). The number of unbranched alkanes of at least 4 members (excludes halogenated alkanes) is 1. The summed E-state index contributed by atoms with van der Waals surface area (Å²) in [6, 6.07) is 4.15. The first-order chi connectivity index (χ1) is 8.19. The molecule has 17 heavy (non-hydrogen) atoms. The molecule has 0 saturated carbocycles. The Bertz CT molecular complexity index is 383. The Morgan fingerprint density at radius 2 is 2.24 bits per heavy atom. The molecule has 0 aliphatic carbocycles. The lowest BCUT2D eigenvalue weighted by Gasteiger charge is -2.07. The van der Waals surface area contributed by atoms with Crippen LogP contribution >= 0.6 is 0 Å². The molecule has 4 nitrogen and oxygen atoms in total. The molecular formula is C12H17FN2O2. The average Bonchev–Trinajstić information content (AvgIpc) is 2.34. The molecule has 0 heterocycles. The number of hydrogen-bond donors (Lipinski definition) is 2. The van der Waals surface area contributed by atoms with Crippen LogP contribution in [0.1, 0.15) is 23.2 Å². The molecule has 0 fully saturated rings. The van der Waals surface area contributed by atoms with Gasteiger partial charge in [-0.1, -0.05) is 0 Å². The molecule has 1 aromatic carbocycles. The van der Waals surface area contributed by atoms with Gasteiger partial charge in [0.05, 0.1) is 12.7 Å². The number of hydrogen-bond acceptors (Lipinski definition) is 3. The van der Waals surface area contributed by atoms with Crippen LogP contribution in [0.4, 0.5) is 4.39 Å². The zero-order valence-corrected chi connectivity index (χ0v) is 9.83. The van der Waals surface area contributed by atoms with Crippen LogP contribution < -0.4 is 15.8 Å². The van der Waals surface area contributed by atoms with Crippen molar-refractivity contribution < 1.29 is 13.9 Å². The Kier molecular flexibility index (Phi) is 5.42. The fraction of sp³-hybridized carbons (Fsp3) is 0.417. The Morgan fingerprint density at radius 3 is 2.82 bits per heavy atom. The SMILES string of the molecule is COc1ccc(C(=O)NCCCCN)c(F)c1. The van der Waals surface area contributed by atoms with Crippen LogP contribution in [0.2, 0.25) is 0 Å². The van der Waals surface area contributed by atoms with Crippen molar-refractivity contribution in [2.75, 3.05) is 20.2 Å². The van der Waals surface area contributed by atoms with Crippen molar-refractivity contribution in [1.29, 1.82) is 0 Å². The monoisotopic (exact) mass is 240 g/mol. The van der Waals surface area contributed by atoms with E-state index in [1.54, 1.807) is 6.07 Å². The van der Waals surface area contributed by atoms with E-state index in [-0.39, 0.29) is 5.56 Å². The fourth-order valence-electron chi connectivity index (χ4n) is 1.37. The summed E-state index contributed by atoms with van der Waals surface area (Å²) >= 11 is 0. The van der Waals surface area contributed by atoms with E-state index in [9.17, 15) is 9.18 Å². The second-order valence-electron chi connectivity index (χ2n) is 3.60. The summed E-state index contributed by atoms with van der Waals surface area (Å²) in [5.74, 6) is -0.606. The number of carbonyl (C=O) groups is 1. The van der Waals surface area contributed by atoms with Crippen molar-refractivity contribution in [2.24, 2.45) is 5.73 Å². The maximum Gasteiger partial charge on any atom is 0.254 e. The largest absolute Gasteiger partial charge is 0.497 e. The van der Waals surface area contributed by atoms with Crippen LogP contribution in [-0.2, 0) is 0 Å². The van der Waals surface area contributed by atoms with Crippen molar-refractivity contribution >= 4 is 5.91 Å². The van der Waals surface area contributed by atoms with Crippen LogP contribution in [0.25, 0.3) is 0 Å². The molecular weight excluding hydrogens is 223 g/mol. The Balaban J connectivity index is 2.57. The van der Waals surface area contributed by atoms with E-state index < -0.39 is 11.7 Å². The highest BCUT2D eigenvalue weighted by molar-refractivity contribution is 5.94. The number of rotatable bonds is 6. The number of nitrogens with one attached hydrogen (secondary N) is 1. The third-order valence-corrected chi connectivity index (χ3v) is 2.34. The van der Waals surface area contributed by atoms with Gasteiger partial charge in [0.25, 0.3) is 5.91 Å². The number of ether oxygens (including phenoxy) is 1. The molecule has 1 aromatic rings. The van der Waals surface area contributed by atoms with Gasteiger partial charge in [-0.15, -0.1) is 0 Å². The zero-order valence-electron chi connectivity index (χ0n) is 9.83. The molecule has 3 N–H and O–H groups in total. The van der Waals surface area contributed by atoms with Crippen LogP contribution in [0.3, 0.4) is 0 Å². The first-order valence-electron chi connectivity index (χ1n) is 5.51. The van der Waals surface area contributed by atoms with Gasteiger partial charge in [0.2, 0.25) is 0 Å². The van der Waals surface area contributed by atoms with Crippen LogP contribution in [0.15, 0.2) is 18.2 Å². The summed E-state index contributed by atoms with van der Waals surface area (Å²) in [5, 5.41) is 2.64. The van der Waals surface area contributed by atoms with E-state index in [1.807, 2.05) is 0 Å². The number of benzene rings is 1. The van der Waals surface area contributed by atoms with E-state index >= 15 is 0 Å². The van der Waals surface area contributed by atoms with Crippen molar-refractivity contribution in [3.05, 3.63) is 29.6 Å². The summed E-state index contributed by atoms with van der Waals surface area (Å²) in [5.41, 5.74) is 5.35. The molecule has 0 spiro atoms. The predicted molar refractivity (Wildman–Crippen MR) is 63.6 cm³/mol. The highest BCUT2D eigenvalue weighted by atomic mass is 19.1. The van der Waals surface area contributed by atoms with Gasteiger partial charge >= 0.3 is 0 Å². The number of amides is 1. The first-order valence-corrected chi connectivity index (χ1v) is 5.51. The lowest BCUT2D eigenvalue weighted by atomic mass is 10.2. The Hall–Kier alpha value is -1.62. The molecule has 1 amide bonds. The van der Waals surface area contributed by atoms with E-state index in [0.717, 1.165) is 12.8 Å². The maximum absolute atomic E-state index is 13.5. The van der Waals surface area contributed by atoms with E-state index in [0.29, 0.717) is 18.8 Å². The lowest BCUT2D eigenvalue weighted by Crippen LogP contribution is -2.25. The minimum Gasteiger partial charge on any atom is -0.497 e. The van der Waals surface area contributed by atoms with Gasteiger partial charge < -0.3 is 15.8 Å². The van der Waals surface area contributed by atoms with Crippen molar-refractivity contribution in [3.63, 3.8) is 0 Å². The van der Waals surface area contributed by atoms with Crippen molar-refractivity contribution in [1.82, 2.24) is 5.32 Å².